The van der Waals surface area contributed by atoms with E-state index in [1.807, 2.05) is 19.9 Å². The minimum absolute atomic E-state index is 0.0167. The topological polar surface area (TPSA) is 113 Å². The fraction of sp³-hybridized carbons (Fsp3) is 0.167. The summed E-state index contributed by atoms with van der Waals surface area (Å²) in [7, 11) is 0. The zero-order valence-corrected chi connectivity index (χ0v) is 25.2. The number of amides is 3. The molecule has 42 heavy (non-hydrogen) atoms. The van der Waals surface area contributed by atoms with Crippen molar-refractivity contribution in [1.82, 2.24) is 14.7 Å². The van der Waals surface area contributed by atoms with Gasteiger partial charge in [-0.05, 0) is 66.3 Å². The van der Waals surface area contributed by atoms with Crippen LogP contribution < -0.4 is 16.0 Å². The molecule has 1 unspecified atom stereocenters. The molecule has 0 spiro atoms. The normalized spacial score (nSPS) is 11.9. The van der Waals surface area contributed by atoms with Crippen molar-refractivity contribution in [3.8, 4) is 0 Å². The van der Waals surface area contributed by atoms with Gasteiger partial charge in [0.2, 0.25) is 16.2 Å². The minimum Gasteiger partial charge on any atom is -0.321 e. The average molecular weight is 622 g/mol. The van der Waals surface area contributed by atoms with Crippen LogP contribution in [0.5, 0.6) is 0 Å². The van der Waals surface area contributed by atoms with Gasteiger partial charge in [0.15, 0.2) is 0 Å². The Bertz CT molecular complexity index is 1560. The molecule has 0 aliphatic heterocycles. The summed E-state index contributed by atoms with van der Waals surface area (Å²) in [5.41, 5.74) is 1.37. The molecule has 1 atom stereocenters. The Balaban J connectivity index is 1.47. The first-order chi connectivity index (χ1) is 20.3. The molecule has 12 heteroatoms. The Morgan fingerprint density at radius 1 is 0.976 bits per heavy atom. The number of hydrogen-bond donors (Lipinski definition) is 3. The maximum absolute atomic E-state index is 13.4. The van der Waals surface area contributed by atoms with Gasteiger partial charge in [-0.15, -0.1) is 11.8 Å². The average Bonchev–Trinajstić information content (AvgIpc) is 3.44. The molecule has 3 amide bonds. The lowest BCUT2D eigenvalue weighted by atomic mass is 10.1. The lowest BCUT2D eigenvalue weighted by molar-refractivity contribution is -0.116. The van der Waals surface area contributed by atoms with Crippen molar-refractivity contribution in [2.24, 2.45) is 0 Å². The number of hydrogen-bond acceptors (Lipinski definition) is 8. The third-order valence-electron chi connectivity index (χ3n) is 5.65. The van der Waals surface area contributed by atoms with E-state index in [1.165, 1.54) is 53.9 Å². The highest BCUT2D eigenvalue weighted by atomic mass is 32.2. The quantitative estimate of drug-likeness (QED) is 0.119. The standard InChI is InChI=1S/C30H28FN5O3S3/c1-3-25(28(39)34-29-35-30(36-42-29)40-4-2)41-23-12-8-11-22(18-23)32-27(38)24(17-19-13-15-21(31)16-14-19)33-26(37)20-9-6-5-7-10-20/h5-18,25H,3-4H2,1-2H3,(H,32,38)(H,33,37)(H,34,35,36,39)/b24-17-. The zero-order valence-electron chi connectivity index (χ0n) is 22.8. The highest BCUT2D eigenvalue weighted by Gasteiger charge is 2.21. The van der Waals surface area contributed by atoms with Crippen molar-refractivity contribution < 1.29 is 18.8 Å². The Labute approximate surface area is 255 Å². The first kappa shape index (κ1) is 30.9. The van der Waals surface area contributed by atoms with Gasteiger partial charge in [-0.2, -0.15) is 9.36 Å². The number of carbonyl (C=O) groups is 3. The number of anilines is 2. The molecule has 1 aromatic heterocycles. The molecule has 1 heterocycles. The fourth-order valence-corrected chi connectivity index (χ4v) is 5.92. The maximum atomic E-state index is 13.4. The molecular weight excluding hydrogens is 594 g/mol. The van der Waals surface area contributed by atoms with Crippen LogP contribution in [0.2, 0.25) is 0 Å². The first-order valence-electron chi connectivity index (χ1n) is 13.0. The van der Waals surface area contributed by atoms with Gasteiger partial charge in [-0.1, -0.05) is 62.0 Å². The summed E-state index contributed by atoms with van der Waals surface area (Å²) in [6.07, 6.45) is 2.04. The Hall–Kier alpha value is -4.00. The second-order valence-electron chi connectivity index (χ2n) is 8.73. The number of benzene rings is 3. The van der Waals surface area contributed by atoms with Crippen molar-refractivity contribution in [2.75, 3.05) is 16.4 Å². The molecule has 216 valence electrons. The molecule has 0 aliphatic carbocycles. The van der Waals surface area contributed by atoms with E-state index in [9.17, 15) is 18.8 Å². The number of nitrogens with one attached hydrogen (secondary N) is 3. The Morgan fingerprint density at radius 2 is 1.74 bits per heavy atom. The van der Waals surface area contributed by atoms with E-state index < -0.39 is 22.9 Å². The summed E-state index contributed by atoms with van der Waals surface area (Å²) in [5, 5.41) is 9.01. The van der Waals surface area contributed by atoms with Crippen LogP contribution in [0, 0.1) is 5.82 Å². The van der Waals surface area contributed by atoms with Gasteiger partial charge in [0.1, 0.15) is 11.5 Å². The lowest BCUT2D eigenvalue weighted by Gasteiger charge is -2.15. The predicted molar refractivity (Wildman–Crippen MR) is 168 cm³/mol. The molecule has 0 bridgehead atoms. The fourth-order valence-electron chi connectivity index (χ4n) is 3.63. The number of thioether (sulfide) groups is 2. The van der Waals surface area contributed by atoms with E-state index in [0.717, 1.165) is 22.2 Å². The van der Waals surface area contributed by atoms with Crippen molar-refractivity contribution in [2.45, 2.75) is 35.6 Å². The molecule has 8 nitrogen and oxygen atoms in total. The summed E-state index contributed by atoms with van der Waals surface area (Å²) in [5.74, 6) is -0.783. The second-order valence-corrected chi connectivity index (χ2v) is 12.0. The molecule has 0 fully saturated rings. The smallest absolute Gasteiger partial charge is 0.272 e. The summed E-state index contributed by atoms with van der Waals surface area (Å²) >= 11 is 4.01. The first-order valence-corrected chi connectivity index (χ1v) is 15.7. The van der Waals surface area contributed by atoms with Crippen LogP contribution in [-0.4, -0.2) is 38.1 Å². The monoisotopic (exact) mass is 621 g/mol. The van der Waals surface area contributed by atoms with Crippen LogP contribution in [0.3, 0.4) is 0 Å². The molecule has 3 N–H and O–H groups in total. The number of carbonyl (C=O) groups excluding carboxylic acids is 3. The van der Waals surface area contributed by atoms with Crippen LogP contribution in [0.1, 0.15) is 36.2 Å². The van der Waals surface area contributed by atoms with Gasteiger partial charge in [-0.25, -0.2) is 4.39 Å². The van der Waals surface area contributed by atoms with Gasteiger partial charge in [0.25, 0.3) is 11.8 Å². The van der Waals surface area contributed by atoms with Gasteiger partial charge in [-0.3, -0.25) is 19.7 Å². The minimum atomic E-state index is -0.562. The largest absolute Gasteiger partial charge is 0.321 e. The molecule has 0 saturated carbocycles. The predicted octanol–water partition coefficient (Wildman–Crippen LogP) is 6.71. The SMILES string of the molecule is CCSc1nsc(NC(=O)C(CC)Sc2cccc(NC(=O)/C(=C/c3ccc(F)cc3)NC(=O)c3ccccc3)c2)n1. The van der Waals surface area contributed by atoms with Crippen molar-refractivity contribution in [3.63, 3.8) is 0 Å². The highest BCUT2D eigenvalue weighted by Crippen LogP contribution is 2.29. The Kier molecular flexibility index (Phi) is 11.3. The van der Waals surface area contributed by atoms with Gasteiger partial charge in [0.05, 0.1) is 5.25 Å². The van der Waals surface area contributed by atoms with E-state index in [-0.39, 0.29) is 11.6 Å². The summed E-state index contributed by atoms with van der Waals surface area (Å²) < 4.78 is 17.7. The molecule has 0 aliphatic rings. The summed E-state index contributed by atoms with van der Waals surface area (Å²) in [6.45, 7) is 3.93. The highest BCUT2D eigenvalue weighted by molar-refractivity contribution is 8.00. The van der Waals surface area contributed by atoms with Crippen molar-refractivity contribution in [1.29, 1.82) is 0 Å². The van der Waals surface area contributed by atoms with Gasteiger partial charge >= 0.3 is 0 Å². The molecule has 3 aromatic carbocycles. The summed E-state index contributed by atoms with van der Waals surface area (Å²) in [4.78, 5) is 44.2. The molecule has 4 aromatic rings. The van der Waals surface area contributed by atoms with E-state index >= 15 is 0 Å². The van der Waals surface area contributed by atoms with Crippen molar-refractivity contribution >= 4 is 69.7 Å². The summed E-state index contributed by atoms with van der Waals surface area (Å²) in [6, 6.07) is 21.2. The van der Waals surface area contributed by atoms with E-state index in [1.54, 1.807) is 48.5 Å². The van der Waals surface area contributed by atoms with E-state index in [4.69, 9.17) is 0 Å². The second kappa shape index (κ2) is 15.3. The number of aromatic nitrogens is 2. The molecular formula is C30H28FN5O3S3. The van der Waals surface area contributed by atoms with Crippen LogP contribution in [0.4, 0.5) is 15.2 Å². The third kappa shape index (κ3) is 9.00. The lowest BCUT2D eigenvalue weighted by Crippen LogP contribution is -2.30. The van der Waals surface area contributed by atoms with Crippen LogP contribution in [0.15, 0.2) is 94.6 Å². The van der Waals surface area contributed by atoms with Crippen LogP contribution in [-0.2, 0) is 9.59 Å². The van der Waals surface area contributed by atoms with Gasteiger partial charge < -0.3 is 10.6 Å². The van der Waals surface area contributed by atoms with Crippen LogP contribution in [0.25, 0.3) is 6.08 Å². The van der Waals surface area contributed by atoms with Crippen LogP contribution >= 0.6 is 35.1 Å². The molecule has 0 radical (unpaired) electrons. The molecule has 4 rings (SSSR count). The number of halogens is 1. The van der Waals surface area contributed by atoms with E-state index in [2.05, 4.69) is 25.3 Å². The maximum Gasteiger partial charge on any atom is 0.272 e. The zero-order chi connectivity index (χ0) is 29.9. The van der Waals surface area contributed by atoms with E-state index in [0.29, 0.717) is 33.5 Å². The number of nitrogens with zero attached hydrogens (tertiary/aromatic N) is 2. The van der Waals surface area contributed by atoms with Crippen molar-refractivity contribution in [3.05, 3.63) is 102 Å². The Morgan fingerprint density at radius 3 is 2.45 bits per heavy atom. The third-order valence-corrected chi connectivity index (χ3v) is 8.49. The van der Waals surface area contributed by atoms with Gasteiger partial charge in [0, 0.05) is 27.7 Å². The molecule has 0 saturated heterocycles. The number of rotatable bonds is 12.